The van der Waals surface area contributed by atoms with Gasteiger partial charge in [-0.1, -0.05) is 0 Å². The molecule has 1 amide bonds. The Hall–Kier alpha value is -1.61. The Labute approximate surface area is 132 Å². The van der Waals surface area contributed by atoms with E-state index in [-0.39, 0.29) is 11.6 Å². The van der Waals surface area contributed by atoms with Crippen molar-refractivity contribution in [3.05, 3.63) is 35.1 Å². The molecule has 0 heterocycles. The van der Waals surface area contributed by atoms with Gasteiger partial charge in [0.15, 0.2) is 17.5 Å². The minimum Gasteiger partial charge on any atom is -0.349 e. The minimum atomic E-state index is -3.53. The number of hydrogen-bond donors (Lipinski definition) is 1. The Morgan fingerprint density at radius 2 is 1.65 bits per heavy atom. The number of rotatable bonds is 4. The van der Waals surface area contributed by atoms with Crippen LogP contribution in [0.15, 0.2) is 12.1 Å². The van der Waals surface area contributed by atoms with E-state index in [1.807, 2.05) is 0 Å². The molecule has 1 saturated carbocycles. The summed E-state index contributed by atoms with van der Waals surface area (Å²) in [6.07, 6.45) is 2.35. The van der Waals surface area contributed by atoms with Gasteiger partial charge in [-0.15, -0.1) is 0 Å². The van der Waals surface area contributed by atoms with Crippen molar-refractivity contribution in [1.82, 2.24) is 5.32 Å². The third-order valence-electron chi connectivity index (χ3n) is 3.57. The molecule has 0 spiro atoms. The van der Waals surface area contributed by atoms with Gasteiger partial charge in [-0.2, -0.15) is 8.42 Å². The number of halogens is 3. The molecule has 128 valence electrons. The van der Waals surface area contributed by atoms with Crippen LogP contribution in [0.5, 0.6) is 0 Å². The number of carbonyl (C=O) groups is 1. The maximum Gasteiger partial charge on any atom is 0.264 e. The van der Waals surface area contributed by atoms with Crippen LogP contribution in [-0.4, -0.2) is 32.7 Å². The molecule has 1 aliphatic rings. The van der Waals surface area contributed by atoms with E-state index >= 15 is 0 Å². The second kappa shape index (κ2) is 6.88. The Morgan fingerprint density at radius 3 is 2.13 bits per heavy atom. The second-order valence-electron chi connectivity index (χ2n) is 5.50. The lowest BCUT2D eigenvalue weighted by Gasteiger charge is -2.28. The summed E-state index contributed by atoms with van der Waals surface area (Å²) in [6.45, 7) is 0. The normalized spacial score (nSPS) is 21.9. The molecule has 0 aliphatic heterocycles. The summed E-state index contributed by atoms with van der Waals surface area (Å²) in [5.74, 6) is -5.20. The van der Waals surface area contributed by atoms with Gasteiger partial charge in [0, 0.05) is 11.6 Å². The minimum absolute atomic E-state index is 0.266. The van der Waals surface area contributed by atoms with Crippen LogP contribution >= 0.6 is 0 Å². The van der Waals surface area contributed by atoms with E-state index in [0.29, 0.717) is 37.8 Å². The van der Waals surface area contributed by atoms with E-state index in [4.69, 9.17) is 4.18 Å². The van der Waals surface area contributed by atoms with Crippen molar-refractivity contribution < 1.29 is 30.6 Å². The zero-order chi connectivity index (χ0) is 17.2. The highest BCUT2D eigenvalue weighted by molar-refractivity contribution is 7.86. The van der Waals surface area contributed by atoms with Crippen molar-refractivity contribution in [1.29, 1.82) is 0 Å². The number of amides is 1. The van der Waals surface area contributed by atoms with Gasteiger partial charge in [-0.05, 0) is 37.8 Å². The van der Waals surface area contributed by atoms with Crippen LogP contribution in [0.25, 0.3) is 0 Å². The van der Waals surface area contributed by atoms with Gasteiger partial charge in [0.1, 0.15) is 0 Å². The lowest BCUT2D eigenvalue weighted by molar-refractivity contribution is 0.0896. The fourth-order valence-electron chi connectivity index (χ4n) is 2.51. The fraction of sp³-hybridized carbons (Fsp3) is 0.500. The first kappa shape index (κ1) is 17.7. The number of hydrogen-bond acceptors (Lipinski definition) is 4. The molecule has 1 aromatic rings. The average Bonchev–Trinajstić information content (AvgIpc) is 2.44. The molecule has 23 heavy (non-hydrogen) atoms. The van der Waals surface area contributed by atoms with E-state index < -0.39 is 39.6 Å². The van der Waals surface area contributed by atoms with Crippen LogP contribution in [0, 0.1) is 17.5 Å². The van der Waals surface area contributed by atoms with Gasteiger partial charge in [0.05, 0.1) is 12.4 Å². The summed E-state index contributed by atoms with van der Waals surface area (Å²) in [7, 11) is -3.53. The number of nitrogens with one attached hydrogen (secondary N) is 1. The van der Waals surface area contributed by atoms with E-state index in [1.165, 1.54) is 0 Å². The van der Waals surface area contributed by atoms with Gasteiger partial charge in [-0.25, -0.2) is 13.2 Å². The monoisotopic (exact) mass is 351 g/mol. The molecule has 0 aromatic heterocycles. The quantitative estimate of drug-likeness (QED) is 0.666. The van der Waals surface area contributed by atoms with Gasteiger partial charge in [0.25, 0.3) is 16.0 Å². The van der Waals surface area contributed by atoms with Crippen LogP contribution in [-0.2, 0) is 14.3 Å². The lowest BCUT2D eigenvalue weighted by atomic mass is 9.93. The van der Waals surface area contributed by atoms with E-state index in [9.17, 15) is 26.4 Å². The van der Waals surface area contributed by atoms with Gasteiger partial charge in [-0.3, -0.25) is 8.98 Å². The lowest BCUT2D eigenvalue weighted by Crippen LogP contribution is -2.39. The molecule has 1 aliphatic carbocycles. The molecule has 0 saturated heterocycles. The first-order valence-electron chi connectivity index (χ1n) is 6.99. The zero-order valence-electron chi connectivity index (χ0n) is 12.3. The molecule has 5 nitrogen and oxygen atoms in total. The van der Waals surface area contributed by atoms with Crippen LogP contribution in [0.1, 0.15) is 36.0 Å². The standard InChI is InChI=1S/C14H16F3NO4S/c1-23(20,21)22-10-4-2-9(3-5-10)18-14(19)8-6-11(15)13(17)12(16)7-8/h6-7,9-10H,2-5H2,1H3,(H,18,19). The van der Waals surface area contributed by atoms with Gasteiger partial charge in [0.2, 0.25) is 0 Å². The van der Waals surface area contributed by atoms with E-state index in [1.54, 1.807) is 0 Å². The first-order chi connectivity index (χ1) is 10.7. The fourth-order valence-corrected chi connectivity index (χ4v) is 3.19. The first-order valence-corrected chi connectivity index (χ1v) is 8.81. The topological polar surface area (TPSA) is 72.5 Å². The summed E-state index contributed by atoms with van der Waals surface area (Å²) < 4.78 is 66.1. The molecular weight excluding hydrogens is 335 g/mol. The van der Waals surface area contributed by atoms with Gasteiger partial charge >= 0.3 is 0 Å². The van der Waals surface area contributed by atoms with E-state index in [2.05, 4.69) is 5.32 Å². The zero-order valence-corrected chi connectivity index (χ0v) is 13.1. The average molecular weight is 351 g/mol. The van der Waals surface area contributed by atoms with Crippen molar-refractivity contribution >= 4 is 16.0 Å². The van der Waals surface area contributed by atoms with E-state index in [0.717, 1.165) is 6.26 Å². The molecular formula is C14H16F3NO4S. The molecule has 0 bridgehead atoms. The summed E-state index contributed by atoms with van der Waals surface area (Å²) in [5, 5.41) is 2.59. The van der Waals surface area contributed by atoms with Crippen molar-refractivity contribution in [2.45, 2.75) is 37.8 Å². The molecule has 1 fully saturated rings. The van der Waals surface area contributed by atoms with Crippen molar-refractivity contribution in [3.63, 3.8) is 0 Å². The largest absolute Gasteiger partial charge is 0.349 e. The van der Waals surface area contributed by atoms with Gasteiger partial charge < -0.3 is 5.32 Å². The molecule has 1 aromatic carbocycles. The van der Waals surface area contributed by atoms with Crippen LogP contribution in [0.4, 0.5) is 13.2 Å². The molecule has 0 radical (unpaired) electrons. The predicted octanol–water partition coefficient (Wildman–Crippen LogP) is 2.12. The summed E-state index contributed by atoms with van der Waals surface area (Å²) in [6, 6.07) is 0.997. The van der Waals surface area contributed by atoms with Crippen molar-refractivity contribution in [2.75, 3.05) is 6.26 Å². The molecule has 2 rings (SSSR count). The second-order valence-corrected chi connectivity index (χ2v) is 7.10. The molecule has 1 N–H and O–H groups in total. The third kappa shape index (κ3) is 4.93. The summed E-state index contributed by atoms with van der Waals surface area (Å²) in [5.41, 5.74) is -0.309. The highest BCUT2D eigenvalue weighted by Crippen LogP contribution is 2.23. The highest BCUT2D eigenvalue weighted by Gasteiger charge is 2.26. The Bertz CT molecular complexity index is 677. The third-order valence-corrected chi connectivity index (χ3v) is 4.19. The SMILES string of the molecule is CS(=O)(=O)OC1CCC(NC(=O)c2cc(F)c(F)c(F)c2)CC1. The maximum absolute atomic E-state index is 13.1. The maximum atomic E-state index is 13.1. The smallest absolute Gasteiger partial charge is 0.264 e. The molecule has 0 atom stereocenters. The summed E-state index contributed by atoms with van der Waals surface area (Å²) >= 11 is 0. The molecule has 9 heteroatoms. The Kier molecular flexibility index (Phi) is 5.30. The Balaban J connectivity index is 1.93. The van der Waals surface area contributed by atoms with Crippen LogP contribution in [0.3, 0.4) is 0 Å². The summed E-state index contributed by atoms with van der Waals surface area (Å²) in [4.78, 5) is 11.9. The van der Waals surface area contributed by atoms with Crippen LogP contribution < -0.4 is 5.32 Å². The van der Waals surface area contributed by atoms with Crippen molar-refractivity contribution in [3.8, 4) is 0 Å². The molecule has 0 unspecified atom stereocenters. The Morgan fingerprint density at radius 1 is 1.13 bits per heavy atom. The number of carbonyl (C=O) groups excluding carboxylic acids is 1. The van der Waals surface area contributed by atoms with Crippen molar-refractivity contribution in [2.24, 2.45) is 0 Å². The highest BCUT2D eigenvalue weighted by atomic mass is 32.2. The number of benzene rings is 1. The predicted molar refractivity (Wildman–Crippen MR) is 75.8 cm³/mol. The van der Waals surface area contributed by atoms with Crippen LogP contribution in [0.2, 0.25) is 0 Å².